The zero-order valence-electron chi connectivity index (χ0n) is 14.0. The van der Waals surface area contributed by atoms with E-state index in [0.29, 0.717) is 19.6 Å². The summed E-state index contributed by atoms with van der Waals surface area (Å²) in [5.74, 6) is 0.378. The van der Waals surface area contributed by atoms with Gasteiger partial charge in [0.05, 0.1) is 17.1 Å². The molecule has 0 saturated carbocycles. The molecule has 0 aromatic carbocycles. The van der Waals surface area contributed by atoms with Crippen LogP contribution in [0.3, 0.4) is 0 Å². The Labute approximate surface area is 149 Å². The number of rotatable bonds is 2. The molecule has 4 heterocycles. The third-order valence-corrected chi connectivity index (χ3v) is 7.53. The van der Waals surface area contributed by atoms with Crippen molar-refractivity contribution in [1.29, 1.82) is 5.26 Å². The maximum atomic E-state index is 13.5. The van der Waals surface area contributed by atoms with Gasteiger partial charge in [0.1, 0.15) is 23.3 Å². The highest BCUT2D eigenvalue weighted by Gasteiger charge is 2.56. The normalized spacial score (nSPS) is 25.9. The summed E-state index contributed by atoms with van der Waals surface area (Å²) in [7, 11) is -3.00. The highest BCUT2D eigenvalue weighted by molar-refractivity contribution is 7.92. The van der Waals surface area contributed by atoms with E-state index in [2.05, 4.69) is 4.98 Å². The first-order chi connectivity index (χ1) is 12.0. The van der Waals surface area contributed by atoms with E-state index in [4.69, 9.17) is 0 Å². The van der Waals surface area contributed by atoms with Gasteiger partial charge in [0.25, 0.3) is 0 Å². The van der Waals surface area contributed by atoms with E-state index >= 15 is 0 Å². The quantitative estimate of drug-likeness (QED) is 0.772. The van der Waals surface area contributed by atoms with Gasteiger partial charge in [-0.05, 0) is 19.4 Å². The number of anilines is 2. The van der Waals surface area contributed by atoms with E-state index in [1.54, 1.807) is 15.9 Å². The highest BCUT2D eigenvalue weighted by atomic mass is 32.2. The Morgan fingerprint density at radius 1 is 1.35 bits per heavy atom. The second-order valence-electron chi connectivity index (χ2n) is 7.56. The molecule has 1 atom stereocenters. The van der Waals surface area contributed by atoms with Crippen LogP contribution in [0.4, 0.5) is 24.8 Å². The fraction of sp³-hybridized carbons (Fsp3) is 0.625. The summed E-state index contributed by atoms with van der Waals surface area (Å²) in [4.78, 5) is 7.73. The van der Waals surface area contributed by atoms with Gasteiger partial charge in [-0.1, -0.05) is 0 Å². The summed E-state index contributed by atoms with van der Waals surface area (Å²) >= 11 is 0. The van der Waals surface area contributed by atoms with Crippen molar-refractivity contribution >= 4 is 21.5 Å². The van der Waals surface area contributed by atoms with Gasteiger partial charge in [-0.3, -0.25) is 0 Å². The molecule has 3 aliphatic rings. The summed E-state index contributed by atoms with van der Waals surface area (Å²) < 4.78 is 63.3. The topological polar surface area (TPSA) is 77.3 Å². The summed E-state index contributed by atoms with van der Waals surface area (Å²) in [6.07, 6.45) is -3.82. The molecule has 26 heavy (non-hydrogen) atoms. The first-order valence-electron chi connectivity index (χ1n) is 8.28. The number of hydrogen-bond donors (Lipinski definition) is 0. The van der Waals surface area contributed by atoms with Crippen molar-refractivity contribution in [3.63, 3.8) is 0 Å². The zero-order chi connectivity index (χ0) is 18.9. The Kier molecular flexibility index (Phi) is 3.51. The maximum absolute atomic E-state index is 13.5. The minimum atomic E-state index is -4.66. The molecule has 0 unspecified atom stereocenters. The summed E-state index contributed by atoms with van der Waals surface area (Å²) in [5, 5.41) is 9.31. The van der Waals surface area contributed by atoms with Gasteiger partial charge in [0, 0.05) is 31.1 Å². The Hall–Kier alpha value is -2.02. The minimum Gasteiger partial charge on any atom is -0.355 e. The second kappa shape index (κ2) is 5.25. The van der Waals surface area contributed by atoms with Crippen molar-refractivity contribution in [3.8, 4) is 6.07 Å². The number of hydrogen-bond acceptors (Lipinski definition) is 6. The van der Waals surface area contributed by atoms with Gasteiger partial charge in [-0.15, -0.1) is 0 Å². The van der Waals surface area contributed by atoms with Crippen LogP contribution in [0.15, 0.2) is 6.07 Å². The van der Waals surface area contributed by atoms with Crippen molar-refractivity contribution in [1.82, 2.24) is 4.98 Å². The smallest absolute Gasteiger partial charge is 0.355 e. The number of halogens is 3. The molecule has 0 amide bonds. The number of aromatic nitrogens is 1. The number of sulfone groups is 1. The molecule has 4 rings (SSSR count). The van der Waals surface area contributed by atoms with Crippen LogP contribution >= 0.6 is 0 Å². The van der Waals surface area contributed by atoms with Crippen molar-refractivity contribution in [3.05, 3.63) is 17.2 Å². The molecule has 0 aliphatic carbocycles. The Bertz CT molecular complexity index is 903. The van der Waals surface area contributed by atoms with Gasteiger partial charge in [-0.25, -0.2) is 13.4 Å². The Morgan fingerprint density at radius 3 is 2.42 bits per heavy atom. The Balaban J connectivity index is 1.70. The molecule has 10 heteroatoms. The lowest BCUT2D eigenvalue weighted by Crippen LogP contribution is -2.68. The molecular formula is C16H17F3N4O2S. The van der Waals surface area contributed by atoms with E-state index in [-0.39, 0.29) is 34.6 Å². The predicted molar refractivity (Wildman–Crippen MR) is 88.7 cm³/mol. The molecule has 3 saturated heterocycles. The van der Waals surface area contributed by atoms with Gasteiger partial charge in [0.2, 0.25) is 0 Å². The number of nitriles is 1. The van der Waals surface area contributed by atoms with E-state index in [9.17, 15) is 26.9 Å². The number of pyridine rings is 1. The van der Waals surface area contributed by atoms with Crippen LogP contribution in [0, 0.1) is 16.7 Å². The molecule has 1 aromatic rings. The fourth-order valence-corrected chi connectivity index (χ4v) is 6.20. The molecule has 6 nitrogen and oxygen atoms in total. The van der Waals surface area contributed by atoms with Crippen molar-refractivity contribution in [2.45, 2.75) is 25.6 Å². The van der Waals surface area contributed by atoms with Gasteiger partial charge in [0.15, 0.2) is 9.84 Å². The lowest BCUT2D eigenvalue weighted by Gasteiger charge is -2.55. The lowest BCUT2D eigenvalue weighted by atomic mass is 9.83. The third kappa shape index (κ3) is 2.60. The first kappa shape index (κ1) is 17.4. The third-order valence-electron chi connectivity index (χ3n) is 5.42. The zero-order valence-corrected chi connectivity index (χ0v) is 14.9. The first-order valence-corrected chi connectivity index (χ1v) is 10.1. The minimum absolute atomic E-state index is 0.0328. The van der Waals surface area contributed by atoms with Crippen LogP contribution in [-0.4, -0.2) is 50.6 Å². The largest absolute Gasteiger partial charge is 0.417 e. The van der Waals surface area contributed by atoms with Crippen LogP contribution in [0.5, 0.6) is 0 Å². The molecule has 3 aliphatic heterocycles. The highest BCUT2D eigenvalue weighted by Crippen LogP contribution is 2.45. The summed E-state index contributed by atoms with van der Waals surface area (Å²) in [6, 6.07) is 2.61. The van der Waals surface area contributed by atoms with Crippen molar-refractivity contribution < 1.29 is 21.6 Å². The molecule has 1 spiro atoms. The van der Waals surface area contributed by atoms with Gasteiger partial charge < -0.3 is 9.80 Å². The van der Waals surface area contributed by atoms with Crippen molar-refractivity contribution in [2.24, 2.45) is 5.41 Å². The molecule has 140 valence electrons. The maximum Gasteiger partial charge on any atom is 0.417 e. The van der Waals surface area contributed by atoms with Gasteiger partial charge >= 0.3 is 6.18 Å². The molecule has 0 N–H and O–H groups in total. The number of nitrogens with zero attached hydrogens (tertiary/aromatic N) is 4. The molecular weight excluding hydrogens is 369 g/mol. The molecule has 1 aromatic heterocycles. The Morgan fingerprint density at radius 2 is 2.00 bits per heavy atom. The standard InChI is InChI=1S/C16H17F3N4O2S/c1-10-2-3-23(10)14-11(5-20)12(16(17,18)19)4-13(21-14)22-6-15(7-22)8-26(24,25)9-15/h4,10H,2-3,6-9H2,1H3/t10-/m0/s1. The van der Waals surface area contributed by atoms with E-state index in [1.165, 1.54) is 0 Å². The fourth-order valence-electron chi connectivity index (χ4n) is 4.05. The van der Waals surface area contributed by atoms with Crippen LogP contribution in [0.25, 0.3) is 0 Å². The van der Waals surface area contributed by atoms with Crippen LogP contribution in [0.1, 0.15) is 24.5 Å². The predicted octanol–water partition coefficient (Wildman–Crippen LogP) is 1.81. The van der Waals surface area contributed by atoms with Gasteiger partial charge in [-0.2, -0.15) is 18.4 Å². The number of alkyl halides is 3. The van der Waals surface area contributed by atoms with E-state index in [0.717, 1.165) is 12.5 Å². The molecule has 0 radical (unpaired) electrons. The average molecular weight is 386 g/mol. The summed E-state index contributed by atoms with van der Waals surface area (Å²) in [6.45, 7) is 3.19. The van der Waals surface area contributed by atoms with Crippen LogP contribution < -0.4 is 9.80 Å². The van der Waals surface area contributed by atoms with Crippen LogP contribution in [0.2, 0.25) is 0 Å². The van der Waals surface area contributed by atoms with Crippen LogP contribution in [-0.2, 0) is 16.0 Å². The molecule has 3 fully saturated rings. The second-order valence-corrected chi connectivity index (χ2v) is 9.62. The lowest BCUT2D eigenvalue weighted by molar-refractivity contribution is -0.137. The van der Waals surface area contributed by atoms with E-state index in [1.807, 2.05) is 6.92 Å². The van der Waals surface area contributed by atoms with E-state index < -0.39 is 27.1 Å². The SMILES string of the molecule is C[C@H]1CCN1c1nc(N2CC3(C2)CS(=O)(=O)C3)cc(C(F)(F)F)c1C#N. The average Bonchev–Trinajstić information content (AvgIpc) is 2.46. The molecule has 0 bridgehead atoms. The van der Waals surface area contributed by atoms with Crippen molar-refractivity contribution in [2.75, 3.05) is 40.9 Å². The summed E-state index contributed by atoms with van der Waals surface area (Å²) in [5.41, 5.74) is -1.78. The monoisotopic (exact) mass is 386 g/mol.